The van der Waals surface area contributed by atoms with Crippen molar-refractivity contribution < 1.29 is 5.11 Å². The number of benzene rings is 1. The van der Waals surface area contributed by atoms with Crippen molar-refractivity contribution in [3.63, 3.8) is 0 Å². The van der Waals surface area contributed by atoms with Crippen LogP contribution in [0.25, 0.3) is 0 Å². The molecule has 0 aromatic heterocycles. The van der Waals surface area contributed by atoms with Crippen LogP contribution >= 0.6 is 11.6 Å². The SMILES string of the molecule is CC(O)Cc1cccc(CCl)c1. The minimum atomic E-state index is -0.282. The van der Waals surface area contributed by atoms with Crippen LogP contribution < -0.4 is 0 Å². The Morgan fingerprint density at radius 3 is 2.67 bits per heavy atom. The molecule has 1 rings (SSSR count). The Bertz CT molecular complexity index is 245. The van der Waals surface area contributed by atoms with Crippen molar-refractivity contribution in [2.45, 2.75) is 25.3 Å². The van der Waals surface area contributed by atoms with Gasteiger partial charge >= 0.3 is 0 Å². The third kappa shape index (κ3) is 2.84. The molecule has 1 atom stereocenters. The summed E-state index contributed by atoms with van der Waals surface area (Å²) in [6, 6.07) is 7.98. The first-order valence-electron chi connectivity index (χ1n) is 4.04. The van der Waals surface area contributed by atoms with Gasteiger partial charge in [-0.05, 0) is 24.5 Å². The lowest BCUT2D eigenvalue weighted by Gasteiger charge is -2.04. The van der Waals surface area contributed by atoms with Crippen molar-refractivity contribution >= 4 is 11.6 Å². The van der Waals surface area contributed by atoms with Gasteiger partial charge in [0.05, 0.1) is 6.10 Å². The van der Waals surface area contributed by atoms with E-state index >= 15 is 0 Å². The maximum atomic E-state index is 9.14. The van der Waals surface area contributed by atoms with Gasteiger partial charge in [0.15, 0.2) is 0 Å². The molecule has 1 nitrogen and oxygen atoms in total. The number of aliphatic hydroxyl groups excluding tert-OH is 1. The average molecular weight is 185 g/mol. The molecule has 0 amide bonds. The van der Waals surface area contributed by atoms with Crippen LogP contribution in [0.3, 0.4) is 0 Å². The zero-order chi connectivity index (χ0) is 8.97. The van der Waals surface area contributed by atoms with E-state index < -0.39 is 0 Å². The van der Waals surface area contributed by atoms with E-state index in [4.69, 9.17) is 16.7 Å². The van der Waals surface area contributed by atoms with E-state index in [0.29, 0.717) is 12.3 Å². The van der Waals surface area contributed by atoms with Crippen LogP contribution in [0.2, 0.25) is 0 Å². The summed E-state index contributed by atoms with van der Waals surface area (Å²) in [5, 5.41) is 9.14. The number of hydrogen-bond acceptors (Lipinski definition) is 1. The summed E-state index contributed by atoms with van der Waals surface area (Å²) >= 11 is 5.67. The van der Waals surface area contributed by atoms with Gasteiger partial charge in [-0.1, -0.05) is 24.3 Å². The molecule has 0 bridgehead atoms. The third-order valence-corrected chi connectivity index (χ3v) is 1.99. The van der Waals surface area contributed by atoms with E-state index in [0.717, 1.165) is 11.1 Å². The second kappa shape index (κ2) is 4.48. The number of aliphatic hydroxyl groups is 1. The van der Waals surface area contributed by atoms with Gasteiger partial charge in [0.1, 0.15) is 0 Å². The molecule has 0 aliphatic heterocycles. The monoisotopic (exact) mass is 184 g/mol. The maximum absolute atomic E-state index is 9.14. The predicted molar refractivity (Wildman–Crippen MR) is 51.4 cm³/mol. The third-order valence-electron chi connectivity index (χ3n) is 1.68. The summed E-state index contributed by atoms with van der Waals surface area (Å²) in [6.45, 7) is 1.79. The highest BCUT2D eigenvalue weighted by Crippen LogP contribution is 2.09. The van der Waals surface area contributed by atoms with Crippen LogP contribution in [0, 0.1) is 0 Å². The van der Waals surface area contributed by atoms with Gasteiger partial charge in [0.2, 0.25) is 0 Å². The Kier molecular flexibility index (Phi) is 3.57. The van der Waals surface area contributed by atoms with Crippen LogP contribution in [0.1, 0.15) is 18.1 Å². The van der Waals surface area contributed by atoms with Crippen LogP contribution in [-0.2, 0) is 12.3 Å². The maximum Gasteiger partial charge on any atom is 0.0552 e. The first-order chi connectivity index (χ1) is 5.72. The topological polar surface area (TPSA) is 20.2 Å². The molecule has 2 heteroatoms. The lowest BCUT2D eigenvalue weighted by molar-refractivity contribution is 0.195. The van der Waals surface area contributed by atoms with E-state index in [9.17, 15) is 0 Å². The molecule has 0 radical (unpaired) electrons. The molecule has 1 N–H and O–H groups in total. The Labute approximate surface area is 78.0 Å². The smallest absolute Gasteiger partial charge is 0.0552 e. The number of hydrogen-bond donors (Lipinski definition) is 1. The summed E-state index contributed by atoms with van der Waals surface area (Å²) < 4.78 is 0. The molecule has 0 spiro atoms. The largest absolute Gasteiger partial charge is 0.393 e. The molecule has 66 valence electrons. The van der Waals surface area contributed by atoms with Crippen molar-refractivity contribution in [3.05, 3.63) is 35.4 Å². The fraction of sp³-hybridized carbons (Fsp3) is 0.400. The molecule has 1 aromatic rings. The fourth-order valence-electron chi connectivity index (χ4n) is 1.18. The molecule has 0 heterocycles. The zero-order valence-electron chi connectivity index (χ0n) is 7.13. The van der Waals surface area contributed by atoms with Gasteiger partial charge in [0.25, 0.3) is 0 Å². The molecular formula is C10H13ClO. The lowest BCUT2D eigenvalue weighted by atomic mass is 10.1. The van der Waals surface area contributed by atoms with Crippen molar-refractivity contribution in [2.24, 2.45) is 0 Å². The van der Waals surface area contributed by atoms with Gasteiger partial charge in [-0.15, -0.1) is 11.6 Å². The first-order valence-corrected chi connectivity index (χ1v) is 4.57. The Morgan fingerprint density at radius 1 is 1.42 bits per heavy atom. The fourth-order valence-corrected chi connectivity index (χ4v) is 1.35. The summed E-state index contributed by atoms with van der Waals surface area (Å²) in [4.78, 5) is 0. The van der Waals surface area contributed by atoms with Crippen molar-refractivity contribution in [3.8, 4) is 0 Å². The van der Waals surface area contributed by atoms with Crippen molar-refractivity contribution in [2.75, 3.05) is 0 Å². The van der Waals surface area contributed by atoms with Crippen molar-refractivity contribution in [1.82, 2.24) is 0 Å². The predicted octanol–water partition coefficient (Wildman–Crippen LogP) is 2.35. The molecule has 12 heavy (non-hydrogen) atoms. The molecule has 1 aromatic carbocycles. The first kappa shape index (κ1) is 9.56. The highest BCUT2D eigenvalue weighted by atomic mass is 35.5. The standard InChI is InChI=1S/C10H13ClO/c1-8(12)5-9-3-2-4-10(6-9)7-11/h2-4,6,8,12H,5,7H2,1H3. The molecule has 0 fully saturated rings. The normalized spacial score (nSPS) is 12.9. The molecule has 0 saturated heterocycles. The molecule has 0 saturated carbocycles. The Hall–Kier alpha value is -0.530. The van der Waals surface area contributed by atoms with Crippen LogP contribution in [-0.4, -0.2) is 11.2 Å². The summed E-state index contributed by atoms with van der Waals surface area (Å²) in [5.74, 6) is 0.535. The summed E-state index contributed by atoms with van der Waals surface area (Å²) in [7, 11) is 0. The van der Waals surface area contributed by atoms with Gasteiger partial charge in [0, 0.05) is 5.88 Å². The van der Waals surface area contributed by atoms with Gasteiger partial charge < -0.3 is 5.11 Å². The highest BCUT2D eigenvalue weighted by molar-refractivity contribution is 6.17. The number of rotatable bonds is 3. The Balaban J connectivity index is 2.72. The second-order valence-electron chi connectivity index (χ2n) is 3.01. The van der Waals surface area contributed by atoms with Crippen molar-refractivity contribution in [1.29, 1.82) is 0 Å². The van der Waals surface area contributed by atoms with E-state index in [1.165, 1.54) is 0 Å². The van der Waals surface area contributed by atoms with E-state index in [1.807, 2.05) is 24.3 Å². The number of halogens is 1. The highest BCUT2D eigenvalue weighted by Gasteiger charge is 1.99. The van der Waals surface area contributed by atoms with E-state index in [-0.39, 0.29) is 6.10 Å². The van der Waals surface area contributed by atoms with E-state index in [1.54, 1.807) is 6.92 Å². The van der Waals surface area contributed by atoms with Gasteiger partial charge in [-0.25, -0.2) is 0 Å². The summed E-state index contributed by atoms with van der Waals surface area (Å²) in [5.41, 5.74) is 2.25. The van der Waals surface area contributed by atoms with Crippen LogP contribution in [0.5, 0.6) is 0 Å². The number of alkyl halides is 1. The second-order valence-corrected chi connectivity index (χ2v) is 3.27. The molecule has 0 aliphatic carbocycles. The van der Waals surface area contributed by atoms with Crippen LogP contribution in [0.15, 0.2) is 24.3 Å². The van der Waals surface area contributed by atoms with Crippen LogP contribution in [0.4, 0.5) is 0 Å². The molecule has 0 aliphatic rings. The van der Waals surface area contributed by atoms with E-state index in [2.05, 4.69) is 0 Å². The quantitative estimate of drug-likeness (QED) is 0.716. The van der Waals surface area contributed by atoms with Gasteiger partial charge in [-0.2, -0.15) is 0 Å². The minimum absolute atomic E-state index is 0.282. The Morgan fingerprint density at radius 2 is 2.08 bits per heavy atom. The zero-order valence-corrected chi connectivity index (χ0v) is 7.88. The molecular weight excluding hydrogens is 172 g/mol. The van der Waals surface area contributed by atoms with Gasteiger partial charge in [-0.3, -0.25) is 0 Å². The minimum Gasteiger partial charge on any atom is -0.393 e. The molecule has 1 unspecified atom stereocenters. The lowest BCUT2D eigenvalue weighted by Crippen LogP contribution is -2.04. The average Bonchev–Trinajstić information content (AvgIpc) is 2.03. The summed E-state index contributed by atoms with van der Waals surface area (Å²) in [6.07, 6.45) is 0.417.